The van der Waals surface area contributed by atoms with Gasteiger partial charge in [0.05, 0.1) is 5.56 Å². The first-order chi connectivity index (χ1) is 8.68. The van der Waals surface area contributed by atoms with Gasteiger partial charge in [-0.15, -0.1) is 0 Å². The summed E-state index contributed by atoms with van der Waals surface area (Å²) < 4.78 is 37.4. The number of guanidine groups is 1. The van der Waals surface area contributed by atoms with Crippen molar-refractivity contribution in [3.05, 3.63) is 29.1 Å². The molecule has 1 aromatic carbocycles. The average molecular weight is 287 g/mol. The monoisotopic (exact) mass is 287 g/mol. The zero-order valence-electron chi connectivity index (χ0n) is 10.5. The fourth-order valence-corrected chi connectivity index (χ4v) is 2.74. The van der Waals surface area contributed by atoms with E-state index in [2.05, 4.69) is 4.99 Å². The third kappa shape index (κ3) is 3.28. The van der Waals surface area contributed by atoms with E-state index in [-0.39, 0.29) is 0 Å². The van der Waals surface area contributed by atoms with Crippen LogP contribution in [0.2, 0.25) is 0 Å². The molecule has 0 spiro atoms. The molecule has 0 unspecified atom stereocenters. The topological polar surface area (TPSA) is 116 Å². The van der Waals surface area contributed by atoms with E-state index in [9.17, 15) is 17.6 Å². The molecule has 104 valence electrons. The summed E-state index contributed by atoms with van der Waals surface area (Å²) in [6, 6.07) is 2.53. The van der Waals surface area contributed by atoms with Crippen LogP contribution < -0.4 is 11.5 Å². The third-order valence-electron chi connectivity index (χ3n) is 2.39. The maximum absolute atomic E-state index is 14.2. The van der Waals surface area contributed by atoms with Crippen LogP contribution in [0, 0.1) is 5.82 Å². The molecule has 0 aliphatic rings. The number of aryl methyl sites for hydroxylation is 1. The predicted molar refractivity (Wildman–Crippen MR) is 69.0 cm³/mol. The minimum Gasteiger partial charge on any atom is -0.370 e. The highest BCUT2D eigenvalue weighted by molar-refractivity contribution is 7.90. The molecule has 0 atom stereocenters. The average Bonchev–Trinajstić information content (AvgIpc) is 2.25. The Morgan fingerprint density at radius 1 is 1.37 bits per heavy atom. The fraction of sp³-hybridized carbons (Fsp3) is 0.273. The number of rotatable bonds is 3. The van der Waals surface area contributed by atoms with Crippen molar-refractivity contribution in [2.24, 2.45) is 16.5 Å². The van der Waals surface area contributed by atoms with Gasteiger partial charge < -0.3 is 11.5 Å². The van der Waals surface area contributed by atoms with Gasteiger partial charge in [-0.25, -0.2) is 12.8 Å². The number of sulfone groups is 1. The Labute approximate surface area is 110 Å². The van der Waals surface area contributed by atoms with Gasteiger partial charge in [0.1, 0.15) is 4.90 Å². The zero-order valence-corrected chi connectivity index (χ0v) is 11.3. The van der Waals surface area contributed by atoms with E-state index in [0.717, 1.165) is 12.3 Å². The molecule has 0 fully saturated rings. The molecule has 0 bridgehead atoms. The first kappa shape index (κ1) is 15.1. The third-order valence-corrected chi connectivity index (χ3v) is 3.57. The van der Waals surface area contributed by atoms with Crippen molar-refractivity contribution in [3.8, 4) is 0 Å². The molecule has 1 amide bonds. The second kappa shape index (κ2) is 5.35. The fourth-order valence-electron chi connectivity index (χ4n) is 1.62. The first-order valence-corrected chi connectivity index (χ1v) is 7.23. The van der Waals surface area contributed by atoms with E-state index in [0.29, 0.717) is 12.0 Å². The number of nitrogens with two attached hydrogens (primary N) is 2. The Balaban J connectivity index is 3.57. The largest absolute Gasteiger partial charge is 0.370 e. The van der Waals surface area contributed by atoms with Crippen molar-refractivity contribution in [3.63, 3.8) is 0 Å². The summed E-state index contributed by atoms with van der Waals surface area (Å²) in [7, 11) is -3.80. The standard InChI is InChI=1S/C11H14FN3O3S/c1-3-6-4-5-7(10(16)15-11(13)14)8(12)9(6)19(2,17)18/h4-5H,3H2,1-2H3,(H4,13,14,15,16). The SMILES string of the molecule is CCc1ccc(C(=O)N=C(N)N)c(F)c1S(C)(=O)=O. The first-order valence-electron chi connectivity index (χ1n) is 5.33. The molecule has 0 saturated carbocycles. The van der Waals surface area contributed by atoms with Crippen LogP contribution in [0.5, 0.6) is 0 Å². The second-order valence-corrected chi connectivity index (χ2v) is 5.84. The molecule has 0 radical (unpaired) electrons. The number of hydrogen-bond acceptors (Lipinski definition) is 3. The van der Waals surface area contributed by atoms with Gasteiger partial charge >= 0.3 is 0 Å². The molecule has 4 N–H and O–H groups in total. The molecule has 0 heterocycles. The van der Waals surface area contributed by atoms with Crippen LogP contribution in [-0.2, 0) is 16.3 Å². The quantitative estimate of drug-likeness (QED) is 0.609. The number of amides is 1. The Bertz CT molecular complexity index is 649. The molecular formula is C11H14FN3O3S. The molecule has 0 saturated heterocycles. The van der Waals surface area contributed by atoms with Crippen LogP contribution in [0.4, 0.5) is 4.39 Å². The van der Waals surface area contributed by atoms with Crippen LogP contribution in [0.1, 0.15) is 22.8 Å². The van der Waals surface area contributed by atoms with Gasteiger partial charge in [-0.1, -0.05) is 13.0 Å². The van der Waals surface area contributed by atoms with Gasteiger partial charge in [0.15, 0.2) is 21.6 Å². The number of halogens is 1. The highest BCUT2D eigenvalue weighted by Gasteiger charge is 2.23. The summed E-state index contributed by atoms with van der Waals surface area (Å²) in [5, 5.41) is 0. The van der Waals surface area contributed by atoms with Gasteiger partial charge in [-0.2, -0.15) is 4.99 Å². The summed E-state index contributed by atoms with van der Waals surface area (Å²) in [5.74, 6) is -2.67. The predicted octanol–water partition coefficient (Wildman–Crippen LogP) is 0.205. The Hall–Kier alpha value is -1.96. The van der Waals surface area contributed by atoms with Gasteiger partial charge in [0.25, 0.3) is 5.91 Å². The van der Waals surface area contributed by atoms with E-state index in [4.69, 9.17) is 11.5 Å². The number of hydrogen-bond donors (Lipinski definition) is 2. The van der Waals surface area contributed by atoms with Crippen molar-refractivity contribution in [2.75, 3.05) is 6.26 Å². The Morgan fingerprint density at radius 3 is 2.37 bits per heavy atom. The van der Waals surface area contributed by atoms with Crippen molar-refractivity contribution in [2.45, 2.75) is 18.2 Å². The van der Waals surface area contributed by atoms with Gasteiger partial charge in [-0.05, 0) is 18.1 Å². The molecular weight excluding hydrogens is 273 g/mol. The Morgan fingerprint density at radius 2 is 1.95 bits per heavy atom. The maximum Gasteiger partial charge on any atom is 0.283 e. The lowest BCUT2D eigenvalue weighted by molar-refractivity contribution is 0.0998. The zero-order chi connectivity index (χ0) is 14.8. The molecule has 1 aromatic rings. The van der Waals surface area contributed by atoms with E-state index in [1.165, 1.54) is 6.07 Å². The maximum atomic E-state index is 14.2. The highest BCUT2D eigenvalue weighted by Crippen LogP contribution is 2.24. The summed E-state index contributed by atoms with van der Waals surface area (Å²) in [6.07, 6.45) is 1.19. The lowest BCUT2D eigenvalue weighted by atomic mass is 10.1. The van der Waals surface area contributed by atoms with Crippen LogP contribution in [0.15, 0.2) is 22.0 Å². The molecule has 0 aliphatic heterocycles. The normalized spacial score (nSPS) is 11.1. The lowest BCUT2D eigenvalue weighted by Gasteiger charge is -2.09. The number of aliphatic imine (C=N–C) groups is 1. The molecule has 6 nitrogen and oxygen atoms in total. The van der Waals surface area contributed by atoms with E-state index >= 15 is 0 Å². The van der Waals surface area contributed by atoms with Crippen LogP contribution >= 0.6 is 0 Å². The van der Waals surface area contributed by atoms with Crippen molar-refractivity contribution in [1.29, 1.82) is 0 Å². The second-order valence-electron chi connectivity index (χ2n) is 3.88. The minimum atomic E-state index is -3.80. The van der Waals surface area contributed by atoms with Gasteiger partial charge in [0.2, 0.25) is 0 Å². The smallest absolute Gasteiger partial charge is 0.283 e. The van der Waals surface area contributed by atoms with Gasteiger partial charge in [-0.3, -0.25) is 4.79 Å². The van der Waals surface area contributed by atoms with Crippen molar-refractivity contribution >= 4 is 21.7 Å². The minimum absolute atomic E-state index is 0.293. The highest BCUT2D eigenvalue weighted by atomic mass is 32.2. The van der Waals surface area contributed by atoms with E-state index < -0.39 is 38.0 Å². The van der Waals surface area contributed by atoms with Crippen LogP contribution in [0.25, 0.3) is 0 Å². The molecule has 0 aliphatic carbocycles. The number of benzene rings is 1. The van der Waals surface area contributed by atoms with Crippen molar-refractivity contribution < 1.29 is 17.6 Å². The van der Waals surface area contributed by atoms with E-state index in [1.54, 1.807) is 6.92 Å². The summed E-state index contributed by atoms with van der Waals surface area (Å²) in [4.78, 5) is 14.3. The number of carbonyl (C=O) groups is 1. The lowest BCUT2D eigenvalue weighted by Crippen LogP contribution is -2.24. The summed E-state index contributed by atoms with van der Waals surface area (Å²) in [6.45, 7) is 1.68. The van der Waals surface area contributed by atoms with Gasteiger partial charge in [0, 0.05) is 6.26 Å². The number of carbonyl (C=O) groups excluding carboxylic acids is 1. The van der Waals surface area contributed by atoms with Crippen molar-refractivity contribution in [1.82, 2.24) is 0 Å². The molecule has 8 heteroatoms. The Kier molecular flexibility index (Phi) is 4.25. The van der Waals surface area contributed by atoms with Crippen LogP contribution in [-0.4, -0.2) is 26.5 Å². The summed E-state index contributed by atoms with van der Waals surface area (Å²) in [5.41, 5.74) is 9.87. The molecule has 0 aromatic heterocycles. The molecule has 19 heavy (non-hydrogen) atoms. The van der Waals surface area contributed by atoms with Crippen LogP contribution in [0.3, 0.4) is 0 Å². The summed E-state index contributed by atoms with van der Waals surface area (Å²) >= 11 is 0. The van der Waals surface area contributed by atoms with E-state index in [1.807, 2.05) is 0 Å². The molecule has 1 rings (SSSR count). The number of nitrogens with zero attached hydrogens (tertiary/aromatic N) is 1.